The van der Waals surface area contributed by atoms with Gasteiger partial charge in [0.1, 0.15) is 0 Å². The molecule has 1 aromatic carbocycles. The van der Waals surface area contributed by atoms with Crippen LogP contribution in [0.1, 0.15) is 37.7 Å². The summed E-state index contributed by atoms with van der Waals surface area (Å²) in [5.74, 6) is -1.72. The lowest BCUT2D eigenvalue weighted by molar-refractivity contribution is 0.363. The highest BCUT2D eigenvalue weighted by atomic mass is 19.2. The van der Waals surface area contributed by atoms with E-state index in [1.165, 1.54) is 12.1 Å². The van der Waals surface area contributed by atoms with Crippen molar-refractivity contribution in [1.29, 1.82) is 5.26 Å². The van der Waals surface area contributed by atoms with E-state index >= 15 is 0 Å². The maximum Gasteiger partial charge on any atom is 0.159 e. The average Bonchev–Trinajstić information content (AvgIpc) is 2.33. The second kappa shape index (κ2) is 4.21. The third-order valence-electron chi connectivity index (χ3n) is 3.39. The molecule has 84 valence electrons. The predicted octanol–water partition coefficient (Wildman–Crippen LogP) is 3.69. The van der Waals surface area contributed by atoms with Crippen LogP contribution in [0.4, 0.5) is 8.78 Å². The fourth-order valence-electron chi connectivity index (χ4n) is 2.41. The fourth-order valence-corrected chi connectivity index (χ4v) is 2.41. The van der Waals surface area contributed by atoms with E-state index in [0.717, 1.165) is 38.2 Å². The Kier molecular flexibility index (Phi) is 2.91. The van der Waals surface area contributed by atoms with Crippen molar-refractivity contribution in [2.24, 2.45) is 0 Å². The van der Waals surface area contributed by atoms with E-state index in [4.69, 9.17) is 0 Å². The number of nitrogens with zero attached hydrogens (tertiary/aromatic N) is 1. The first-order chi connectivity index (χ1) is 7.68. The lowest BCUT2D eigenvalue weighted by Crippen LogP contribution is -2.27. The molecule has 1 aromatic rings. The zero-order valence-electron chi connectivity index (χ0n) is 8.97. The molecule has 0 bridgehead atoms. The monoisotopic (exact) mass is 221 g/mol. The quantitative estimate of drug-likeness (QED) is 0.709. The van der Waals surface area contributed by atoms with Crippen molar-refractivity contribution >= 4 is 0 Å². The Balaban J connectivity index is 2.40. The molecule has 1 aliphatic carbocycles. The second-order valence-corrected chi connectivity index (χ2v) is 4.38. The van der Waals surface area contributed by atoms with Crippen LogP contribution in [-0.4, -0.2) is 0 Å². The summed E-state index contributed by atoms with van der Waals surface area (Å²) in [6, 6.07) is 6.11. The molecule has 1 aliphatic rings. The Bertz CT molecular complexity index is 428. The van der Waals surface area contributed by atoms with Crippen LogP contribution in [0.2, 0.25) is 0 Å². The van der Waals surface area contributed by atoms with Crippen molar-refractivity contribution in [3.63, 3.8) is 0 Å². The molecule has 0 atom stereocenters. The van der Waals surface area contributed by atoms with Crippen LogP contribution in [0.3, 0.4) is 0 Å². The summed E-state index contributed by atoms with van der Waals surface area (Å²) in [4.78, 5) is 0. The van der Waals surface area contributed by atoms with E-state index < -0.39 is 17.0 Å². The van der Waals surface area contributed by atoms with Crippen molar-refractivity contribution in [3.05, 3.63) is 35.4 Å². The summed E-state index contributed by atoms with van der Waals surface area (Å²) in [6.07, 6.45) is 4.56. The first-order valence-corrected chi connectivity index (χ1v) is 5.55. The minimum Gasteiger partial charge on any atom is -0.204 e. The number of nitriles is 1. The molecule has 0 radical (unpaired) electrons. The highest BCUT2D eigenvalue weighted by molar-refractivity contribution is 5.33. The van der Waals surface area contributed by atoms with E-state index in [1.807, 2.05) is 0 Å². The van der Waals surface area contributed by atoms with Gasteiger partial charge in [-0.1, -0.05) is 25.3 Å². The number of halogens is 2. The van der Waals surface area contributed by atoms with Gasteiger partial charge in [0.15, 0.2) is 11.6 Å². The zero-order chi connectivity index (χ0) is 11.6. The highest BCUT2D eigenvalue weighted by Gasteiger charge is 2.34. The van der Waals surface area contributed by atoms with E-state index in [-0.39, 0.29) is 0 Å². The molecular weight excluding hydrogens is 208 g/mol. The number of rotatable bonds is 1. The van der Waals surface area contributed by atoms with Gasteiger partial charge in [-0.05, 0) is 30.5 Å². The van der Waals surface area contributed by atoms with E-state index in [1.54, 1.807) is 0 Å². The van der Waals surface area contributed by atoms with Crippen LogP contribution >= 0.6 is 0 Å². The molecule has 0 aromatic heterocycles. The Morgan fingerprint density at radius 1 is 1.06 bits per heavy atom. The largest absolute Gasteiger partial charge is 0.204 e. The molecule has 1 fully saturated rings. The molecule has 0 amide bonds. The standard InChI is InChI=1S/C13H13F2N/c14-11-5-4-10(8-12(11)15)13(9-16)6-2-1-3-7-13/h4-5,8H,1-3,6-7H2. The van der Waals surface area contributed by atoms with E-state index in [2.05, 4.69) is 6.07 Å². The van der Waals surface area contributed by atoms with Crippen LogP contribution in [0.15, 0.2) is 18.2 Å². The number of hydrogen-bond donors (Lipinski definition) is 0. The second-order valence-electron chi connectivity index (χ2n) is 4.38. The lowest BCUT2D eigenvalue weighted by atomic mass is 9.70. The molecule has 2 rings (SSSR count). The normalized spacial score (nSPS) is 19.1. The number of hydrogen-bond acceptors (Lipinski definition) is 1. The van der Waals surface area contributed by atoms with Crippen molar-refractivity contribution in [2.45, 2.75) is 37.5 Å². The zero-order valence-corrected chi connectivity index (χ0v) is 8.97. The topological polar surface area (TPSA) is 23.8 Å². The molecule has 0 spiro atoms. The summed E-state index contributed by atoms with van der Waals surface area (Å²) in [5, 5.41) is 9.29. The molecule has 3 heteroatoms. The van der Waals surface area contributed by atoms with Crippen LogP contribution in [0.5, 0.6) is 0 Å². The third-order valence-corrected chi connectivity index (χ3v) is 3.39. The maximum absolute atomic E-state index is 13.2. The highest BCUT2D eigenvalue weighted by Crippen LogP contribution is 2.39. The minimum atomic E-state index is -0.863. The molecule has 1 nitrogen and oxygen atoms in total. The molecule has 0 unspecified atom stereocenters. The summed E-state index contributed by atoms with van der Waals surface area (Å²) >= 11 is 0. The summed E-state index contributed by atoms with van der Waals surface area (Å²) < 4.78 is 26.0. The van der Waals surface area contributed by atoms with Gasteiger partial charge in [-0.25, -0.2) is 8.78 Å². The molecule has 16 heavy (non-hydrogen) atoms. The van der Waals surface area contributed by atoms with Gasteiger partial charge in [-0.15, -0.1) is 0 Å². The van der Waals surface area contributed by atoms with Crippen molar-refractivity contribution in [2.75, 3.05) is 0 Å². The molecule has 0 heterocycles. The van der Waals surface area contributed by atoms with Gasteiger partial charge in [-0.3, -0.25) is 0 Å². The minimum absolute atomic E-state index is 0.604. The van der Waals surface area contributed by atoms with E-state index in [9.17, 15) is 14.0 Å². The SMILES string of the molecule is N#CC1(c2ccc(F)c(F)c2)CCCCC1. The Hall–Kier alpha value is -1.43. The van der Waals surface area contributed by atoms with Crippen LogP contribution in [0.25, 0.3) is 0 Å². The summed E-state index contributed by atoms with van der Waals surface area (Å²) in [7, 11) is 0. The van der Waals surface area contributed by atoms with Crippen LogP contribution in [0, 0.1) is 23.0 Å². The fraction of sp³-hybridized carbons (Fsp3) is 0.462. The maximum atomic E-state index is 13.2. The Morgan fingerprint density at radius 2 is 1.75 bits per heavy atom. The molecule has 1 saturated carbocycles. The molecule has 0 aliphatic heterocycles. The van der Waals surface area contributed by atoms with Crippen molar-refractivity contribution in [3.8, 4) is 6.07 Å². The van der Waals surface area contributed by atoms with Gasteiger partial charge in [0, 0.05) is 0 Å². The smallest absolute Gasteiger partial charge is 0.159 e. The third kappa shape index (κ3) is 1.80. The van der Waals surface area contributed by atoms with E-state index in [0.29, 0.717) is 5.56 Å². The summed E-state index contributed by atoms with van der Waals surface area (Å²) in [6.45, 7) is 0. The van der Waals surface area contributed by atoms with Gasteiger partial charge in [0.05, 0.1) is 11.5 Å². The van der Waals surface area contributed by atoms with Crippen molar-refractivity contribution < 1.29 is 8.78 Å². The van der Waals surface area contributed by atoms with Crippen LogP contribution in [-0.2, 0) is 5.41 Å². The predicted molar refractivity (Wildman–Crippen MR) is 56.7 cm³/mol. The van der Waals surface area contributed by atoms with Gasteiger partial charge >= 0.3 is 0 Å². The lowest BCUT2D eigenvalue weighted by Gasteiger charge is -2.31. The van der Waals surface area contributed by atoms with Crippen molar-refractivity contribution in [1.82, 2.24) is 0 Å². The first kappa shape index (κ1) is 11.1. The van der Waals surface area contributed by atoms with Gasteiger partial charge < -0.3 is 0 Å². The average molecular weight is 221 g/mol. The van der Waals surface area contributed by atoms with Gasteiger partial charge in [0.25, 0.3) is 0 Å². The molecule has 0 N–H and O–H groups in total. The van der Waals surface area contributed by atoms with Gasteiger partial charge in [-0.2, -0.15) is 5.26 Å². The first-order valence-electron chi connectivity index (χ1n) is 5.55. The Labute approximate surface area is 93.7 Å². The molecule has 0 saturated heterocycles. The molecular formula is C13H13F2N. The summed E-state index contributed by atoms with van der Waals surface area (Å²) in [5.41, 5.74) is 0.0147. The van der Waals surface area contributed by atoms with Gasteiger partial charge in [0.2, 0.25) is 0 Å². The number of benzene rings is 1. The Morgan fingerprint density at radius 3 is 2.31 bits per heavy atom. The van der Waals surface area contributed by atoms with Crippen LogP contribution < -0.4 is 0 Å².